The Hall–Kier alpha value is -0.320. The molecule has 0 saturated carbocycles. The molecule has 0 aliphatic carbocycles. The molecule has 13 heavy (non-hydrogen) atoms. The number of halogens is 1. The molecule has 0 saturated heterocycles. The molecule has 2 heterocycles. The molecule has 68 valence electrons. The number of rotatable bonds is 3. The van der Waals surface area contributed by atoms with E-state index in [4.69, 9.17) is 0 Å². The molecule has 2 rings (SSSR count). The van der Waals surface area contributed by atoms with Gasteiger partial charge in [-0.15, -0.1) is 11.3 Å². The molecule has 0 amide bonds. The number of thiophene rings is 2. The van der Waals surface area contributed by atoms with E-state index in [9.17, 15) is 0 Å². The average Bonchev–Trinajstić information content (AvgIpc) is 2.72. The summed E-state index contributed by atoms with van der Waals surface area (Å²) in [5.74, 6) is 0. The van der Waals surface area contributed by atoms with Crippen molar-refractivity contribution in [3.63, 3.8) is 0 Å². The van der Waals surface area contributed by atoms with E-state index in [2.05, 4.69) is 49.5 Å². The van der Waals surface area contributed by atoms with Crippen LogP contribution in [0.5, 0.6) is 0 Å². The molecule has 0 spiro atoms. The van der Waals surface area contributed by atoms with Crippen LogP contribution in [0.2, 0.25) is 0 Å². The Labute approximate surface area is 93.6 Å². The Morgan fingerprint density at radius 1 is 1.31 bits per heavy atom. The molecule has 0 aliphatic rings. The predicted octanol–water partition coefficient (Wildman–Crippen LogP) is 4.18. The second-order valence-corrected chi connectivity index (χ2v) is 5.19. The van der Waals surface area contributed by atoms with E-state index >= 15 is 0 Å². The minimum Gasteiger partial charge on any atom is -0.379 e. The summed E-state index contributed by atoms with van der Waals surface area (Å²) >= 11 is 6.98. The van der Waals surface area contributed by atoms with Gasteiger partial charge in [0.25, 0.3) is 0 Å². The molecule has 4 heteroatoms. The van der Waals surface area contributed by atoms with Crippen molar-refractivity contribution in [3.05, 3.63) is 37.6 Å². The molecule has 0 aliphatic heterocycles. The highest BCUT2D eigenvalue weighted by atomic mass is 79.9. The van der Waals surface area contributed by atoms with E-state index in [1.54, 1.807) is 22.7 Å². The summed E-state index contributed by atoms with van der Waals surface area (Å²) in [5, 5.41) is 9.64. The molecular formula is C9H8BrNS2. The standard InChI is InChI=1S/C9H8BrNS2/c10-8-2-4-13-9(8)5-11-7-1-3-12-6-7/h1-4,6,11H,5H2. The van der Waals surface area contributed by atoms with Crippen LogP contribution >= 0.6 is 38.6 Å². The first kappa shape index (κ1) is 9.24. The molecule has 0 fully saturated rings. The lowest BCUT2D eigenvalue weighted by atomic mass is 10.4. The maximum absolute atomic E-state index is 3.50. The number of anilines is 1. The van der Waals surface area contributed by atoms with Crippen LogP contribution in [-0.2, 0) is 6.54 Å². The third kappa shape index (κ3) is 2.33. The third-order valence-corrected chi connectivity index (χ3v) is 4.27. The van der Waals surface area contributed by atoms with Gasteiger partial charge in [0.15, 0.2) is 0 Å². The predicted molar refractivity (Wildman–Crippen MR) is 63.7 cm³/mol. The smallest absolute Gasteiger partial charge is 0.0505 e. The zero-order chi connectivity index (χ0) is 9.10. The summed E-state index contributed by atoms with van der Waals surface area (Å²) in [5.41, 5.74) is 1.20. The largest absolute Gasteiger partial charge is 0.379 e. The summed E-state index contributed by atoms with van der Waals surface area (Å²) in [4.78, 5) is 1.34. The van der Waals surface area contributed by atoms with Crippen LogP contribution in [-0.4, -0.2) is 0 Å². The number of hydrogen-bond acceptors (Lipinski definition) is 3. The van der Waals surface area contributed by atoms with Crippen molar-refractivity contribution in [1.82, 2.24) is 0 Å². The molecule has 0 bridgehead atoms. The number of hydrogen-bond donors (Lipinski definition) is 1. The van der Waals surface area contributed by atoms with Crippen LogP contribution in [0.1, 0.15) is 4.88 Å². The highest BCUT2D eigenvalue weighted by molar-refractivity contribution is 9.10. The highest BCUT2D eigenvalue weighted by Gasteiger charge is 2.00. The van der Waals surface area contributed by atoms with Gasteiger partial charge in [-0.25, -0.2) is 0 Å². The normalized spacial score (nSPS) is 10.2. The Kier molecular flexibility index (Phi) is 3.03. The molecule has 1 nitrogen and oxygen atoms in total. The fraction of sp³-hybridized carbons (Fsp3) is 0.111. The Balaban J connectivity index is 1.97. The summed E-state index contributed by atoms with van der Waals surface area (Å²) in [6.07, 6.45) is 0. The fourth-order valence-electron chi connectivity index (χ4n) is 0.999. The lowest BCUT2D eigenvalue weighted by molar-refractivity contribution is 1.19. The van der Waals surface area contributed by atoms with Crippen molar-refractivity contribution >= 4 is 44.3 Å². The second-order valence-electron chi connectivity index (χ2n) is 2.56. The zero-order valence-corrected chi connectivity index (χ0v) is 10.0. The molecule has 0 aromatic carbocycles. The highest BCUT2D eigenvalue weighted by Crippen LogP contribution is 2.24. The maximum atomic E-state index is 3.50. The van der Waals surface area contributed by atoms with Gasteiger partial charge >= 0.3 is 0 Å². The molecule has 0 atom stereocenters. The summed E-state index contributed by atoms with van der Waals surface area (Å²) < 4.78 is 1.19. The summed E-state index contributed by atoms with van der Waals surface area (Å²) in [7, 11) is 0. The van der Waals surface area contributed by atoms with Crippen molar-refractivity contribution < 1.29 is 0 Å². The first-order valence-electron chi connectivity index (χ1n) is 3.84. The zero-order valence-electron chi connectivity index (χ0n) is 6.79. The van der Waals surface area contributed by atoms with Gasteiger partial charge in [-0.3, -0.25) is 0 Å². The van der Waals surface area contributed by atoms with Crippen molar-refractivity contribution in [1.29, 1.82) is 0 Å². The van der Waals surface area contributed by atoms with Crippen molar-refractivity contribution in [2.45, 2.75) is 6.54 Å². The lowest BCUT2D eigenvalue weighted by Crippen LogP contribution is -1.95. The van der Waals surface area contributed by atoms with Crippen molar-refractivity contribution in [2.75, 3.05) is 5.32 Å². The van der Waals surface area contributed by atoms with E-state index in [0.29, 0.717) is 0 Å². The SMILES string of the molecule is Brc1ccsc1CNc1ccsc1. The van der Waals surface area contributed by atoms with E-state index in [1.807, 2.05) is 0 Å². The van der Waals surface area contributed by atoms with Gasteiger partial charge in [-0.2, -0.15) is 11.3 Å². The first-order chi connectivity index (χ1) is 6.36. The van der Waals surface area contributed by atoms with Crippen molar-refractivity contribution in [2.24, 2.45) is 0 Å². The topological polar surface area (TPSA) is 12.0 Å². The van der Waals surface area contributed by atoms with Crippen LogP contribution in [0.3, 0.4) is 0 Å². The molecule has 0 radical (unpaired) electrons. The van der Waals surface area contributed by atoms with E-state index < -0.39 is 0 Å². The molecule has 2 aromatic rings. The Morgan fingerprint density at radius 2 is 2.23 bits per heavy atom. The molecular weight excluding hydrogens is 266 g/mol. The van der Waals surface area contributed by atoms with E-state index in [-0.39, 0.29) is 0 Å². The molecule has 2 aromatic heterocycles. The molecule has 0 unspecified atom stereocenters. The van der Waals surface area contributed by atoms with Gasteiger partial charge < -0.3 is 5.32 Å². The third-order valence-electron chi connectivity index (χ3n) is 1.67. The van der Waals surface area contributed by atoms with Crippen LogP contribution < -0.4 is 5.32 Å². The van der Waals surface area contributed by atoms with Gasteiger partial charge in [0.1, 0.15) is 0 Å². The molecule has 1 N–H and O–H groups in total. The monoisotopic (exact) mass is 273 g/mol. The summed E-state index contributed by atoms with van der Waals surface area (Å²) in [6, 6.07) is 4.17. The number of nitrogens with one attached hydrogen (secondary N) is 1. The Morgan fingerprint density at radius 3 is 2.85 bits per heavy atom. The van der Waals surface area contributed by atoms with Crippen LogP contribution in [0.25, 0.3) is 0 Å². The summed E-state index contributed by atoms with van der Waals surface area (Å²) in [6.45, 7) is 0.898. The van der Waals surface area contributed by atoms with Crippen LogP contribution in [0, 0.1) is 0 Å². The second kappa shape index (κ2) is 4.26. The van der Waals surface area contributed by atoms with Gasteiger partial charge in [-0.05, 0) is 38.8 Å². The first-order valence-corrected chi connectivity index (χ1v) is 6.46. The van der Waals surface area contributed by atoms with Crippen molar-refractivity contribution in [3.8, 4) is 0 Å². The fourth-order valence-corrected chi connectivity index (χ4v) is 3.04. The van der Waals surface area contributed by atoms with Gasteiger partial charge in [0.2, 0.25) is 0 Å². The van der Waals surface area contributed by atoms with Gasteiger partial charge in [0.05, 0.1) is 6.54 Å². The van der Waals surface area contributed by atoms with Crippen LogP contribution in [0.4, 0.5) is 5.69 Å². The quantitative estimate of drug-likeness (QED) is 0.885. The average molecular weight is 274 g/mol. The Bertz CT molecular complexity index is 367. The van der Waals surface area contributed by atoms with E-state index in [0.717, 1.165) is 6.54 Å². The lowest BCUT2D eigenvalue weighted by Gasteiger charge is -2.01. The minimum atomic E-state index is 0.898. The minimum absolute atomic E-state index is 0.898. The maximum Gasteiger partial charge on any atom is 0.0505 e. The van der Waals surface area contributed by atoms with Crippen LogP contribution in [0.15, 0.2) is 32.7 Å². The van der Waals surface area contributed by atoms with Gasteiger partial charge in [-0.1, -0.05) is 0 Å². The van der Waals surface area contributed by atoms with E-state index in [1.165, 1.54) is 15.0 Å². The van der Waals surface area contributed by atoms with Gasteiger partial charge in [0, 0.05) is 20.4 Å².